The summed E-state index contributed by atoms with van der Waals surface area (Å²) in [5.74, 6) is -0.494. The van der Waals surface area contributed by atoms with Crippen molar-refractivity contribution in [2.24, 2.45) is 5.41 Å². The number of nitrogens with one attached hydrogen (secondary N) is 1. The Balaban J connectivity index is 1.72. The van der Waals surface area contributed by atoms with Crippen molar-refractivity contribution in [3.8, 4) is 0 Å². The van der Waals surface area contributed by atoms with E-state index in [4.69, 9.17) is 4.42 Å². The van der Waals surface area contributed by atoms with Crippen LogP contribution in [0.1, 0.15) is 59.4 Å². The maximum Gasteiger partial charge on any atom is 0.287 e. The lowest BCUT2D eigenvalue weighted by Gasteiger charge is -2.29. The molecule has 1 aliphatic carbocycles. The van der Waals surface area contributed by atoms with E-state index < -0.39 is 21.8 Å². The SMILES string of the molecule is Cc1c(C(=O)NC(C)C(=O)N2CCS(=O)(=O)CC2)oc2c1C(=O)CC(C)(C)C2. The van der Waals surface area contributed by atoms with Gasteiger partial charge in [-0.1, -0.05) is 13.8 Å². The molecule has 2 amide bonds. The second kappa shape index (κ2) is 7.02. The van der Waals surface area contributed by atoms with Gasteiger partial charge in [-0.15, -0.1) is 0 Å². The van der Waals surface area contributed by atoms with Gasteiger partial charge in [-0.25, -0.2) is 8.42 Å². The fourth-order valence-corrected chi connectivity index (χ4v) is 5.03. The van der Waals surface area contributed by atoms with Gasteiger partial charge in [-0.3, -0.25) is 14.4 Å². The van der Waals surface area contributed by atoms with Crippen LogP contribution >= 0.6 is 0 Å². The number of furan rings is 1. The van der Waals surface area contributed by atoms with Crippen molar-refractivity contribution in [1.29, 1.82) is 0 Å². The number of sulfone groups is 1. The van der Waals surface area contributed by atoms with Gasteiger partial charge in [0.25, 0.3) is 5.91 Å². The average molecular weight is 410 g/mol. The predicted octanol–water partition coefficient (Wildman–Crippen LogP) is 1.12. The zero-order valence-electron chi connectivity index (χ0n) is 16.6. The van der Waals surface area contributed by atoms with Crippen molar-refractivity contribution >= 4 is 27.4 Å². The Kier molecular flexibility index (Phi) is 5.16. The number of ketones is 1. The van der Waals surface area contributed by atoms with Gasteiger partial charge in [0.05, 0.1) is 17.1 Å². The standard InChI is InChI=1S/C19H26N2O6S/c1-11-15-13(22)9-19(3,4)10-14(15)27-16(11)17(23)20-12(2)18(24)21-5-7-28(25,26)8-6-21/h12H,5-10H2,1-4H3,(H,20,23). The van der Waals surface area contributed by atoms with Crippen LogP contribution in [-0.2, 0) is 21.1 Å². The number of fused-ring (bicyclic) bond motifs is 1. The number of hydrogen-bond acceptors (Lipinski definition) is 6. The Bertz CT molecular complexity index is 930. The summed E-state index contributed by atoms with van der Waals surface area (Å²) >= 11 is 0. The first-order valence-electron chi connectivity index (χ1n) is 9.36. The molecule has 1 unspecified atom stereocenters. The summed E-state index contributed by atoms with van der Waals surface area (Å²) < 4.78 is 28.7. The number of rotatable bonds is 3. The van der Waals surface area contributed by atoms with E-state index in [1.165, 1.54) is 4.90 Å². The third-order valence-electron chi connectivity index (χ3n) is 5.36. The molecule has 1 saturated heterocycles. The second-order valence-electron chi connectivity index (χ2n) is 8.47. The van der Waals surface area contributed by atoms with E-state index in [0.717, 1.165) is 0 Å². The molecule has 1 aliphatic heterocycles. The van der Waals surface area contributed by atoms with Crippen LogP contribution in [0.3, 0.4) is 0 Å². The van der Waals surface area contributed by atoms with E-state index in [-0.39, 0.29) is 47.5 Å². The van der Waals surface area contributed by atoms with Crippen molar-refractivity contribution in [2.45, 2.75) is 46.6 Å². The first kappa shape index (κ1) is 20.6. The molecule has 28 heavy (non-hydrogen) atoms. The lowest BCUT2D eigenvalue weighted by Crippen LogP contribution is -2.51. The highest BCUT2D eigenvalue weighted by atomic mass is 32.2. The summed E-state index contributed by atoms with van der Waals surface area (Å²) in [6.07, 6.45) is 0.965. The summed E-state index contributed by atoms with van der Waals surface area (Å²) in [5.41, 5.74) is 0.751. The van der Waals surface area contributed by atoms with Crippen LogP contribution in [0.4, 0.5) is 0 Å². The van der Waals surface area contributed by atoms with Gasteiger partial charge in [0.2, 0.25) is 5.91 Å². The molecule has 0 radical (unpaired) electrons. The first-order valence-corrected chi connectivity index (χ1v) is 11.2. The topological polar surface area (TPSA) is 114 Å². The number of amides is 2. The van der Waals surface area contributed by atoms with E-state index >= 15 is 0 Å². The number of nitrogens with zero attached hydrogens (tertiary/aromatic N) is 1. The minimum absolute atomic E-state index is 0.0369. The lowest BCUT2D eigenvalue weighted by atomic mass is 9.76. The average Bonchev–Trinajstić information content (AvgIpc) is 2.89. The van der Waals surface area contributed by atoms with Crippen molar-refractivity contribution in [1.82, 2.24) is 10.2 Å². The molecule has 1 aromatic heterocycles. The molecule has 0 spiro atoms. The zero-order chi connectivity index (χ0) is 20.9. The Morgan fingerprint density at radius 2 is 1.79 bits per heavy atom. The van der Waals surface area contributed by atoms with Crippen LogP contribution in [0.25, 0.3) is 0 Å². The van der Waals surface area contributed by atoms with Crippen LogP contribution in [0.15, 0.2) is 4.42 Å². The molecule has 1 atom stereocenters. The molecule has 0 aromatic carbocycles. The molecule has 1 fully saturated rings. The van der Waals surface area contributed by atoms with Crippen molar-refractivity contribution in [2.75, 3.05) is 24.6 Å². The molecule has 0 bridgehead atoms. The Morgan fingerprint density at radius 3 is 2.39 bits per heavy atom. The minimum Gasteiger partial charge on any atom is -0.455 e. The fraction of sp³-hybridized carbons (Fsp3) is 0.632. The third-order valence-corrected chi connectivity index (χ3v) is 6.97. The van der Waals surface area contributed by atoms with Crippen LogP contribution in [0.5, 0.6) is 0 Å². The highest BCUT2D eigenvalue weighted by molar-refractivity contribution is 7.91. The largest absolute Gasteiger partial charge is 0.455 e. The smallest absolute Gasteiger partial charge is 0.287 e. The molecule has 8 nitrogen and oxygen atoms in total. The van der Waals surface area contributed by atoms with Gasteiger partial charge < -0.3 is 14.6 Å². The summed E-state index contributed by atoms with van der Waals surface area (Å²) in [7, 11) is -3.09. The van der Waals surface area contributed by atoms with Gasteiger partial charge in [-0.2, -0.15) is 0 Å². The Labute approximate surface area is 164 Å². The molecule has 9 heteroatoms. The molecular formula is C19H26N2O6S. The Hall–Kier alpha value is -2.16. The number of carbonyl (C=O) groups excluding carboxylic acids is 3. The monoisotopic (exact) mass is 410 g/mol. The van der Waals surface area contributed by atoms with Crippen LogP contribution < -0.4 is 5.32 Å². The quantitative estimate of drug-likeness (QED) is 0.799. The second-order valence-corrected chi connectivity index (χ2v) is 10.8. The van der Waals surface area contributed by atoms with Crippen molar-refractivity contribution in [3.63, 3.8) is 0 Å². The molecule has 1 aromatic rings. The number of Topliss-reactive ketones (excluding diaryl/α,β-unsaturated/α-hetero) is 1. The van der Waals surface area contributed by atoms with E-state index in [1.54, 1.807) is 13.8 Å². The highest BCUT2D eigenvalue weighted by Crippen LogP contribution is 2.38. The molecular weight excluding hydrogens is 384 g/mol. The van der Waals surface area contributed by atoms with Crippen LogP contribution in [0.2, 0.25) is 0 Å². The number of hydrogen-bond donors (Lipinski definition) is 1. The van der Waals surface area contributed by atoms with Gasteiger partial charge in [0.15, 0.2) is 21.4 Å². The maximum absolute atomic E-state index is 12.7. The summed E-state index contributed by atoms with van der Waals surface area (Å²) in [4.78, 5) is 39.1. The molecule has 2 heterocycles. The normalized spacial score (nSPS) is 21.7. The predicted molar refractivity (Wildman–Crippen MR) is 102 cm³/mol. The van der Waals surface area contributed by atoms with Crippen molar-refractivity contribution in [3.05, 3.63) is 22.6 Å². The van der Waals surface area contributed by atoms with Gasteiger partial charge in [0.1, 0.15) is 11.8 Å². The van der Waals surface area contributed by atoms with Gasteiger partial charge >= 0.3 is 0 Å². The summed E-state index contributed by atoms with van der Waals surface area (Å²) in [6.45, 7) is 7.43. The highest BCUT2D eigenvalue weighted by Gasteiger charge is 2.37. The zero-order valence-corrected chi connectivity index (χ0v) is 17.4. The molecule has 2 aliphatic rings. The van der Waals surface area contributed by atoms with E-state index in [1.807, 2.05) is 13.8 Å². The lowest BCUT2D eigenvalue weighted by molar-refractivity contribution is -0.132. The first-order chi connectivity index (χ1) is 12.9. The molecule has 0 saturated carbocycles. The molecule has 3 rings (SSSR count). The van der Waals surface area contributed by atoms with E-state index in [9.17, 15) is 22.8 Å². The maximum atomic E-state index is 12.7. The van der Waals surface area contributed by atoms with E-state index in [2.05, 4.69) is 5.32 Å². The molecule has 1 N–H and O–H groups in total. The molecule has 154 valence electrons. The van der Waals surface area contributed by atoms with E-state index in [0.29, 0.717) is 29.7 Å². The van der Waals surface area contributed by atoms with Crippen LogP contribution in [-0.4, -0.2) is 61.6 Å². The summed E-state index contributed by atoms with van der Waals surface area (Å²) in [5, 5.41) is 2.61. The summed E-state index contributed by atoms with van der Waals surface area (Å²) in [6, 6.07) is -0.832. The van der Waals surface area contributed by atoms with Gasteiger partial charge in [0, 0.05) is 31.5 Å². The third kappa shape index (κ3) is 3.99. The minimum atomic E-state index is -3.09. The fourth-order valence-electron chi connectivity index (χ4n) is 3.83. The van der Waals surface area contributed by atoms with Crippen molar-refractivity contribution < 1.29 is 27.2 Å². The number of carbonyl (C=O) groups is 3. The van der Waals surface area contributed by atoms with Crippen LogP contribution in [0, 0.1) is 12.3 Å². The Morgan fingerprint density at radius 1 is 1.18 bits per heavy atom. The van der Waals surface area contributed by atoms with Gasteiger partial charge in [-0.05, 0) is 19.3 Å².